The topological polar surface area (TPSA) is 80.9 Å². The second-order valence-corrected chi connectivity index (χ2v) is 4.69. The Balaban J connectivity index is 2.12. The molecule has 0 aliphatic rings. The molecule has 0 aliphatic heterocycles. The van der Waals surface area contributed by atoms with Gasteiger partial charge in [-0.05, 0) is 24.3 Å². The molecule has 3 aromatic rings. The lowest BCUT2D eigenvalue weighted by atomic mass is 10.1. The quantitative estimate of drug-likeness (QED) is 0.799. The first-order valence-electron chi connectivity index (χ1n) is 6.58. The molecule has 0 amide bonds. The highest BCUT2D eigenvalue weighted by molar-refractivity contribution is 5.92. The molecule has 0 aliphatic carbocycles. The fraction of sp³-hybridized carbons (Fsp3) is 0.0667. The first-order valence-corrected chi connectivity index (χ1v) is 6.58. The van der Waals surface area contributed by atoms with Gasteiger partial charge in [-0.1, -0.05) is 11.3 Å². The molecule has 0 fully saturated rings. The Morgan fingerprint density at radius 2 is 1.78 bits per heavy atom. The van der Waals surface area contributed by atoms with Gasteiger partial charge in [0.2, 0.25) is 0 Å². The van der Waals surface area contributed by atoms with Crippen LogP contribution >= 0.6 is 0 Å². The summed E-state index contributed by atoms with van der Waals surface area (Å²) >= 11 is 0. The number of rotatable bonds is 4. The molecule has 23 heavy (non-hydrogen) atoms. The number of hydrogen-bond acceptors (Lipinski definition) is 4. The molecular weight excluding hydrogens is 306 g/mol. The molecule has 116 valence electrons. The highest BCUT2D eigenvalue weighted by Gasteiger charge is 2.22. The van der Waals surface area contributed by atoms with Gasteiger partial charge in [-0.25, -0.2) is 18.3 Å². The van der Waals surface area contributed by atoms with E-state index in [4.69, 9.17) is 0 Å². The Hall–Kier alpha value is -3.16. The molecule has 8 heteroatoms. The summed E-state index contributed by atoms with van der Waals surface area (Å²) in [5.41, 5.74) is 0.124. The van der Waals surface area contributed by atoms with E-state index in [-0.39, 0.29) is 23.5 Å². The number of benzene rings is 1. The van der Waals surface area contributed by atoms with Gasteiger partial charge < -0.3 is 5.11 Å². The summed E-state index contributed by atoms with van der Waals surface area (Å²) in [4.78, 5) is 15.2. The maximum absolute atomic E-state index is 13.8. The third-order valence-electron chi connectivity index (χ3n) is 3.26. The normalized spacial score (nSPS) is 10.7. The van der Waals surface area contributed by atoms with Crippen LogP contribution in [0, 0.1) is 11.6 Å². The van der Waals surface area contributed by atoms with E-state index in [9.17, 15) is 18.7 Å². The lowest BCUT2D eigenvalue weighted by Gasteiger charge is -2.09. The summed E-state index contributed by atoms with van der Waals surface area (Å²) in [7, 11) is 0. The second kappa shape index (κ2) is 5.91. The van der Waals surface area contributed by atoms with Crippen molar-refractivity contribution in [1.82, 2.24) is 20.0 Å². The predicted molar refractivity (Wildman–Crippen MR) is 75.7 cm³/mol. The number of pyridine rings is 1. The molecule has 0 unspecified atom stereocenters. The fourth-order valence-corrected chi connectivity index (χ4v) is 2.20. The van der Waals surface area contributed by atoms with Crippen molar-refractivity contribution in [3.8, 4) is 11.3 Å². The highest BCUT2D eigenvalue weighted by Crippen LogP contribution is 2.23. The van der Waals surface area contributed by atoms with Gasteiger partial charge in [0, 0.05) is 23.5 Å². The Labute approximate surface area is 129 Å². The van der Waals surface area contributed by atoms with E-state index in [0.29, 0.717) is 5.56 Å². The smallest absolute Gasteiger partial charge is 0.358 e. The third-order valence-corrected chi connectivity index (χ3v) is 3.26. The van der Waals surface area contributed by atoms with Crippen molar-refractivity contribution in [2.45, 2.75) is 6.54 Å². The molecule has 2 heterocycles. The SMILES string of the molecule is O=C(O)c1nnn(Cc2c(F)cccc2F)c1-c1ccncc1. The first-order chi connectivity index (χ1) is 11.1. The summed E-state index contributed by atoms with van der Waals surface area (Å²) in [6.07, 6.45) is 2.95. The van der Waals surface area contributed by atoms with Crippen LogP contribution < -0.4 is 0 Å². The van der Waals surface area contributed by atoms with E-state index < -0.39 is 17.6 Å². The molecule has 3 rings (SSSR count). The van der Waals surface area contributed by atoms with Gasteiger partial charge in [0.15, 0.2) is 5.69 Å². The minimum atomic E-state index is -1.28. The van der Waals surface area contributed by atoms with Crippen molar-refractivity contribution >= 4 is 5.97 Å². The number of carbonyl (C=O) groups is 1. The van der Waals surface area contributed by atoms with E-state index in [2.05, 4.69) is 15.3 Å². The molecule has 0 saturated carbocycles. The maximum Gasteiger partial charge on any atom is 0.358 e. The van der Waals surface area contributed by atoms with E-state index in [0.717, 1.165) is 16.8 Å². The van der Waals surface area contributed by atoms with Crippen LogP contribution in [0.2, 0.25) is 0 Å². The van der Waals surface area contributed by atoms with Crippen LogP contribution in [0.3, 0.4) is 0 Å². The fourth-order valence-electron chi connectivity index (χ4n) is 2.20. The molecule has 1 aromatic carbocycles. The van der Waals surface area contributed by atoms with Gasteiger partial charge in [-0.3, -0.25) is 4.98 Å². The third kappa shape index (κ3) is 2.78. The van der Waals surface area contributed by atoms with E-state index in [1.54, 1.807) is 12.1 Å². The van der Waals surface area contributed by atoms with Crippen molar-refractivity contribution in [3.63, 3.8) is 0 Å². The monoisotopic (exact) mass is 316 g/mol. The molecule has 0 atom stereocenters. The van der Waals surface area contributed by atoms with Crippen LogP contribution in [0.25, 0.3) is 11.3 Å². The number of aromatic carboxylic acids is 1. The number of nitrogens with zero attached hydrogens (tertiary/aromatic N) is 4. The minimum absolute atomic E-state index is 0.155. The Morgan fingerprint density at radius 3 is 2.39 bits per heavy atom. The van der Waals surface area contributed by atoms with Gasteiger partial charge in [0.05, 0.1) is 6.54 Å². The highest BCUT2D eigenvalue weighted by atomic mass is 19.1. The number of carboxylic acids is 1. The standard InChI is InChI=1S/C15H10F2N4O2/c16-11-2-1-3-12(17)10(11)8-21-14(9-4-6-18-7-5-9)13(15(22)23)19-20-21/h1-7H,8H2,(H,22,23). The zero-order chi connectivity index (χ0) is 16.4. The summed E-state index contributed by atoms with van der Waals surface area (Å²) in [5.74, 6) is -2.76. The van der Waals surface area contributed by atoms with Crippen LogP contribution in [-0.4, -0.2) is 31.1 Å². The largest absolute Gasteiger partial charge is 0.476 e. The average molecular weight is 316 g/mol. The minimum Gasteiger partial charge on any atom is -0.476 e. The molecule has 1 N–H and O–H groups in total. The van der Waals surface area contributed by atoms with Gasteiger partial charge in [-0.15, -0.1) is 5.10 Å². The van der Waals surface area contributed by atoms with Gasteiger partial charge in [0.1, 0.15) is 17.3 Å². The van der Waals surface area contributed by atoms with Crippen molar-refractivity contribution in [3.05, 3.63) is 65.6 Å². The number of hydrogen-bond donors (Lipinski definition) is 1. The van der Waals surface area contributed by atoms with Gasteiger partial charge in [-0.2, -0.15) is 0 Å². The molecular formula is C15H10F2N4O2. The Bertz CT molecular complexity index is 845. The Kier molecular flexibility index (Phi) is 3.80. The van der Waals surface area contributed by atoms with Crippen LogP contribution in [-0.2, 0) is 6.54 Å². The molecule has 0 saturated heterocycles. The zero-order valence-corrected chi connectivity index (χ0v) is 11.6. The second-order valence-electron chi connectivity index (χ2n) is 4.69. The van der Waals surface area contributed by atoms with Gasteiger partial charge in [0.25, 0.3) is 0 Å². The van der Waals surface area contributed by atoms with E-state index in [1.165, 1.54) is 18.5 Å². The number of carboxylic acid groups (broad SMARTS) is 1. The van der Waals surface area contributed by atoms with E-state index >= 15 is 0 Å². The van der Waals surface area contributed by atoms with Crippen LogP contribution in [0.5, 0.6) is 0 Å². The maximum atomic E-state index is 13.8. The molecule has 2 aromatic heterocycles. The van der Waals surface area contributed by atoms with Crippen molar-refractivity contribution in [1.29, 1.82) is 0 Å². The average Bonchev–Trinajstić information content (AvgIpc) is 2.96. The molecule has 0 radical (unpaired) electrons. The summed E-state index contributed by atoms with van der Waals surface area (Å²) in [5, 5.41) is 16.6. The van der Waals surface area contributed by atoms with Crippen LogP contribution in [0.1, 0.15) is 16.1 Å². The summed E-state index contributed by atoms with van der Waals surface area (Å²) < 4.78 is 28.8. The van der Waals surface area contributed by atoms with Crippen molar-refractivity contribution < 1.29 is 18.7 Å². The first kappa shape index (κ1) is 14.8. The lowest BCUT2D eigenvalue weighted by molar-refractivity contribution is 0.0691. The van der Waals surface area contributed by atoms with Crippen LogP contribution in [0.15, 0.2) is 42.7 Å². The summed E-state index contributed by atoms with van der Waals surface area (Å²) in [6.45, 7) is -0.281. The van der Waals surface area contributed by atoms with Crippen LogP contribution in [0.4, 0.5) is 8.78 Å². The predicted octanol–water partition coefficient (Wildman–Crippen LogP) is 2.36. The molecule has 0 bridgehead atoms. The lowest BCUT2D eigenvalue weighted by Crippen LogP contribution is -2.09. The Morgan fingerprint density at radius 1 is 1.13 bits per heavy atom. The van der Waals surface area contributed by atoms with Crippen molar-refractivity contribution in [2.75, 3.05) is 0 Å². The van der Waals surface area contributed by atoms with Crippen molar-refractivity contribution in [2.24, 2.45) is 0 Å². The number of aromatic nitrogens is 4. The number of halogens is 2. The van der Waals surface area contributed by atoms with Gasteiger partial charge >= 0.3 is 5.97 Å². The molecule has 0 spiro atoms. The van der Waals surface area contributed by atoms with E-state index in [1.807, 2.05) is 0 Å². The summed E-state index contributed by atoms with van der Waals surface area (Å²) in [6, 6.07) is 6.64. The zero-order valence-electron chi connectivity index (χ0n) is 11.6. The molecule has 6 nitrogen and oxygen atoms in total.